The van der Waals surface area contributed by atoms with Crippen molar-refractivity contribution in [1.29, 1.82) is 0 Å². The molecular weight excluding hydrogens is 315 g/mol. The van der Waals surface area contributed by atoms with Crippen molar-refractivity contribution in [2.24, 2.45) is 0 Å². The van der Waals surface area contributed by atoms with E-state index in [9.17, 15) is 0 Å². The maximum Gasteiger partial charge on any atom is 0.150 e. The molecule has 2 aromatic heterocycles. The molecule has 0 aliphatic rings. The van der Waals surface area contributed by atoms with Gasteiger partial charge in [0.25, 0.3) is 0 Å². The number of anilines is 2. The first-order valence-electron chi connectivity index (χ1n) is 6.30. The molecule has 0 aliphatic heterocycles. The SMILES string of the molecule is CCCNc1nc(N(C)Cc2cscn2)c(Cl)cc1Cl. The van der Waals surface area contributed by atoms with Gasteiger partial charge >= 0.3 is 0 Å². The van der Waals surface area contributed by atoms with Crippen LogP contribution in [0.25, 0.3) is 0 Å². The Hall–Kier alpha value is -1.04. The molecule has 108 valence electrons. The van der Waals surface area contributed by atoms with Gasteiger partial charge in [-0.05, 0) is 12.5 Å². The van der Waals surface area contributed by atoms with Gasteiger partial charge in [-0.1, -0.05) is 30.1 Å². The molecule has 0 saturated heterocycles. The number of hydrogen-bond acceptors (Lipinski definition) is 5. The summed E-state index contributed by atoms with van der Waals surface area (Å²) in [4.78, 5) is 10.7. The Morgan fingerprint density at radius 1 is 1.35 bits per heavy atom. The van der Waals surface area contributed by atoms with E-state index >= 15 is 0 Å². The highest BCUT2D eigenvalue weighted by atomic mass is 35.5. The highest BCUT2D eigenvalue weighted by Gasteiger charge is 2.13. The molecule has 20 heavy (non-hydrogen) atoms. The summed E-state index contributed by atoms with van der Waals surface area (Å²) >= 11 is 14.0. The number of rotatable bonds is 6. The van der Waals surface area contributed by atoms with Crippen LogP contribution in [-0.2, 0) is 6.54 Å². The first-order chi connectivity index (χ1) is 9.61. The molecule has 0 aliphatic carbocycles. The summed E-state index contributed by atoms with van der Waals surface area (Å²) in [6.07, 6.45) is 1.00. The molecule has 0 bridgehead atoms. The maximum absolute atomic E-state index is 6.24. The number of pyridine rings is 1. The Morgan fingerprint density at radius 3 is 2.80 bits per heavy atom. The van der Waals surface area contributed by atoms with Crippen LogP contribution in [0.5, 0.6) is 0 Å². The Labute approximate surface area is 132 Å². The van der Waals surface area contributed by atoms with Crippen molar-refractivity contribution in [2.45, 2.75) is 19.9 Å². The molecular formula is C13H16Cl2N4S. The molecule has 0 spiro atoms. The number of halogens is 2. The molecule has 2 rings (SSSR count). The summed E-state index contributed by atoms with van der Waals surface area (Å²) in [5.41, 5.74) is 2.81. The Bertz CT molecular complexity index is 560. The van der Waals surface area contributed by atoms with Crippen molar-refractivity contribution in [3.8, 4) is 0 Å². The first kappa shape index (κ1) is 15.4. The number of nitrogens with zero attached hydrogens (tertiary/aromatic N) is 3. The van der Waals surface area contributed by atoms with E-state index < -0.39 is 0 Å². The molecule has 0 fully saturated rings. The van der Waals surface area contributed by atoms with Crippen molar-refractivity contribution in [3.05, 3.63) is 32.7 Å². The van der Waals surface area contributed by atoms with Gasteiger partial charge in [0.05, 0.1) is 27.8 Å². The second-order valence-corrected chi connectivity index (χ2v) is 5.92. The third-order valence-corrected chi connectivity index (χ3v) is 3.90. The van der Waals surface area contributed by atoms with Crippen LogP contribution in [0.2, 0.25) is 10.0 Å². The van der Waals surface area contributed by atoms with Gasteiger partial charge in [0, 0.05) is 19.0 Å². The lowest BCUT2D eigenvalue weighted by molar-refractivity contribution is 0.872. The Morgan fingerprint density at radius 2 is 2.15 bits per heavy atom. The van der Waals surface area contributed by atoms with Gasteiger partial charge in [0.2, 0.25) is 0 Å². The minimum absolute atomic E-state index is 0.536. The predicted molar refractivity (Wildman–Crippen MR) is 87.3 cm³/mol. The molecule has 0 amide bonds. The second kappa shape index (κ2) is 7.11. The molecule has 1 N–H and O–H groups in total. The van der Waals surface area contributed by atoms with Crippen molar-refractivity contribution < 1.29 is 0 Å². The van der Waals surface area contributed by atoms with E-state index in [1.807, 2.05) is 22.8 Å². The zero-order valence-electron chi connectivity index (χ0n) is 11.4. The normalized spacial score (nSPS) is 10.6. The summed E-state index contributed by atoms with van der Waals surface area (Å²) in [6, 6.07) is 1.72. The Balaban J connectivity index is 2.21. The minimum Gasteiger partial charge on any atom is -0.369 e. The van der Waals surface area contributed by atoms with E-state index in [0.717, 1.165) is 18.7 Å². The summed E-state index contributed by atoms with van der Waals surface area (Å²) in [5, 5.41) is 6.29. The van der Waals surface area contributed by atoms with E-state index in [4.69, 9.17) is 23.2 Å². The zero-order valence-corrected chi connectivity index (χ0v) is 13.7. The van der Waals surface area contributed by atoms with Crippen LogP contribution >= 0.6 is 34.5 Å². The monoisotopic (exact) mass is 330 g/mol. The van der Waals surface area contributed by atoms with Gasteiger partial charge in [-0.3, -0.25) is 0 Å². The number of aromatic nitrogens is 2. The fourth-order valence-corrected chi connectivity index (χ4v) is 2.84. The van der Waals surface area contributed by atoms with E-state index in [0.29, 0.717) is 28.2 Å². The highest BCUT2D eigenvalue weighted by Crippen LogP contribution is 2.31. The molecule has 4 nitrogen and oxygen atoms in total. The minimum atomic E-state index is 0.536. The van der Waals surface area contributed by atoms with Gasteiger partial charge in [0.1, 0.15) is 11.6 Å². The van der Waals surface area contributed by atoms with Gasteiger partial charge < -0.3 is 10.2 Å². The topological polar surface area (TPSA) is 41.1 Å². The van der Waals surface area contributed by atoms with Crippen LogP contribution in [0.1, 0.15) is 19.0 Å². The van der Waals surface area contributed by atoms with E-state index in [1.165, 1.54) is 0 Å². The standard InChI is InChI=1S/C13H16Cl2N4S/c1-3-4-16-12-10(14)5-11(15)13(18-12)19(2)6-9-7-20-8-17-9/h5,7-8H,3-4,6H2,1-2H3,(H,16,18). The summed E-state index contributed by atoms with van der Waals surface area (Å²) in [7, 11) is 1.94. The van der Waals surface area contributed by atoms with Crippen LogP contribution in [-0.4, -0.2) is 23.6 Å². The lowest BCUT2D eigenvalue weighted by atomic mass is 10.3. The molecule has 0 atom stereocenters. The number of nitrogens with one attached hydrogen (secondary N) is 1. The molecule has 7 heteroatoms. The average Bonchev–Trinajstić information content (AvgIpc) is 2.90. The smallest absolute Gasteiger partial charge is 0.150 e. The molecule has 2 aromatic rings. The summed E-state index contributed by atoms with van der Waals surface area (Å²) in [5.74, 6) is 1.36. The van der Waals surface area contributed by atoms with Crippen LogP contribution in [0.4, 0.5) is 11.6 Å². The largest absolute Gasteiger partial charge is 0.369 e. The first-order valence-corrected chi connectivity index (χ1v) is 7.99. The van der Waals surface area contributed by atoms with E-state index in [2.05, 4.69) is 22.2 Å². The lowest BCUT2D eigenvalue weighted by Crippen LogP contribution is -2.19. The third kappa shape index (κ3) is 3.75. The number of hydrogen-bond donors (Lipinski definition) is 1. The van der Waals surface area contributed by atoms with Crippen LogP contribution < -0.4 is 10.2 Å². The van der Waals surface area contributed by atoms with E-state index in [-0.39, 0.29) is 0 Å². The molecule has 0 saturated carbocycles. The third-order valence-electron chi connectivity index (χ3n) is 2.70. The van der Waals surface area contributed by atoms with Crippen molar-refractivity contribution in [3.63, 3.8) is 0 Å². The van der Waals surface area contributed by atoms with Crippen LogP contribution in [0.15, 0.2) is 17.0 Å². The van der Waals surface area contributed by atoms with Crippen molar-refractivity contribution in [1.82, 2.24) is 9.97 Å². The van der Waals surface area contributed by atoms with Gasteiger partial charge in [-0.2, -0.15) is 0 Å². The average molecular weight is 331 g/mol. The molecule has 0 unspecified atom stereocenters. The lowest BCUT2D eigenvalue weighted by Gasteiger charge is -2.20. The zero-order chi connectivity index (χ0) is 14.5. The molecule has 0 aromatic carbocycles. The van der Waals surface area contributed by atoms with Gasteiger partial charge in [0.15, 0.2) is 0 Å². The van der Waals surface area contributed by atoms with Gasteiger partial charge in [-0.15, -0.1) is 11.3 Å². The fraction of sp³-hybridized carbons (Fsp3) is 0.385. The van der Waals surface area contributed by atoms with Crippen molar-refractivity contribution in [2.75, 3.05) is 23.8 Å². The van der Waals surface area contributed by atoms with Crippen LogP contribution in [0, 0.1) is 0 Å². The highest BCUT2D eigenvalue weighted by molar-refractivity contribution is 7.07. The number of thiazole rings is 1. The van der Waals surface area contributed by atoms with Gasteiger partial charge in [-0.25, -0.2) is 9.97 Å². The quantitative estimate of drug-likeness (QED) is 0.857. The molecule has 0 radical (unpaired) electrons. The second-order valence-electron chi connectivity index (χ2n) is 4.39. The Kier molecular flexibility index (Phi) is 5.46. The fourth-order valence-electron chi connectivity index (χ4n) is 1.73. The van der Waals surface area contributed by atoms with E-state index in [1.54, 1.807) is 17.4 Å². The summed E-state index contributed by atoms with van der Waals surface area (Å²) < 4.78 is 0. The molecule has 2 heterocycles. The van der Waals surface area contributed by atoms with Crippen LogP contribution in [0.3, 0.4) is 0 Å². The predicted octanol–water partition coefficient (Wildman–Crippen LogP) is 4.30. The summed E-state index contributed by atoms with van der Waals surface area (Å²) in [6.45, 7) is 3.57. The maximum atomic E-state index is 6.24. The van der Waals surface area contributed by atoms with Crippen molar-refractivity contribution >= 4 is 46.2 Å².